The van der Waals surface area contributed by atoms with Crippen LogP contribution in [-0.2, 0) is 14.1 Å². The van der Waals surface area contributed by atoms with E-state index in [2.05, 4.69) is 10.1 Å². The van der Waals surface area contributed by atoms with Crippen molar-refractivity contribution < 1.29 is 5.11 Å². The van der Waals surface area contributed by atoms with Crippen LogP contribution < -0.4 is 0 Å². The second kappa shape index (κ2) is 3.26. The van der Waals surface area contributed by atoms with Crippen LogP contribution in [0.4, 0.5) is 0 Å². The summed E-state index contributed by atoms with van der Waals surface area (Å²) < 4.78 is 3.43. The van der Waals surface area contributed by atoms with Crippen molar-refractivity contribution in [1.82, 2.24) is 19.3 Å². The largest absolute Gasteiger partial charge is 0.379 e. The Morgan fingerprint density at radius 1 is 1.36 bits per heavy atom. The first-order valence-corrected chi connectivity index (χ1v) is 4.33. The Morgan fingerprint density at radius 3 is 2.64 bits per heavy atom. The van der Waals surface area contributed by atoms with Crippen LogP contribution in [0.2, 0.25) is 0 Å². The van der Waals surface area contributed by atoms with E-state index in [-0.39, 0.29) is 0 Å². The van der Waals surface area contributed by atoms with Gasteiger partial charge in [0, 0.05) is 32.7 Å². The number of nitrogens with zero attached hydrogens (tertiary/aromatic N) is 4. The van der Waals surface area contributed by atoms with Gasteiger partial charge in [0.1, 0.15) is 5.82 Å². The molecular formula is C9H12N4O. The predicted octanol–water partition coefficient (Wildman–Crippen LogP) is 0.235. The highest BCUT2D eigenvalue weighted by Crippen LogP contribution is 2.18. The molecule has 2 aromatic heterocycles. The molecular weight excluding hydrogens is 180 g/mol. The molecule has 0 aliphatic rings. The molecule has 0 fully saturated rings. The van der Waals surface area contributed by atoms with Gasteiger partial charge in [-0.05, 0) is 6.07 Å². The Bertz CT molecular complexity index is 391. The van der Waals surface area contributed by atoms with Gasteiger partial charge in [0.15, 0.2) is 6.10 Å². The van der Waals surface area contributed by atoms with Gasteiger partial charge in [-0.2, -0.15) is 5.10 Å². The lowest BCUT2D eigenvalue weighted by Gasteiger charge is -2.10. The number of aliphatic hydroxyl groups is 1. The molecule has 0 aromatic carbocycles. The second-order valence-corrected chi connectivity index (χ2v) is 3.18. The Labute approximate surface area is 81.6 Å². The van der Waals surface area contributed by atoms with E-state index in [4.69, 9.17) is 0 Å². The Kier molecular flexibility index (Phi) is 2.09. The fraction of sp³-hybridized carbons (Fsp3) is 0.333. The minimum Gasteiger partial charge on any atom is -0.379 e. The zero-order valence-corrected chi connectivity index (χ0v) is 8.12. The molecule has 2 aromatic rings. The van der Waals surface area contributed by atoms with Gasteiger partial charge in [-0.3, -0.25) is 4.68 Å². The Morgan fingerprint density at radius 2 is 2.14 bits per heavy atom. The fourth-order valence-corrected chi connectivity index (χ4v) is 1.43. The van der Waals surface area contributed by atoms with Crippen molar-refractivity contribution in [3.63, 3.8) is 0 Å². The predicted molar refractivity (Wildman–Crippen MR) is 50.5 cm³/mol. The van der Waals surface area contributed by atoms with E-state index in [1.807, 2.05) is 7.05 Å². The summed E-state index contributed by atoms with van der Waals surface area (Å²) in [6, 6.07) is 1.78. The maximum atomic E-state index is 9.99. The molecule has 1 N–H and O–H groups in total. The van der Waals surface area contributed by atoms with Gasteiger partial charge in [0.25, 0.3) is 0 Å². The third kappa shape index (κ3) is 1.31. The van der Waals surface area contributed by atoms with Crippen molar-refractivity contribution in [1.29, 1.82) is 0 Å². The van der Waals surface area contributed by atoms with Gasteiger partial charge in [-0.25, -0.2) is 4.98 Å². The first-order valence-electron chi connectivity index (χ1n) is 4.33. The number of hydrogen-bond acceptors (Lipinski definition) is 3. The van der Waals surface area contributed by atoms with E-state index >= 15 is 0 Å². The number of hydrogen-bond donors (Lipinski definition) is 1. The summed E-state index contributed by atoms with van der Waals surface area (Å²) in [6.07, 6.45) is 4.40. The minimum atomic E-state index is -0.720. The lowest BCUT2D eigenvalue weighted by atomic mass is 10.2. The van der Waals surface area contributed by atoms with Crippen molar-refractivity contribution in [2.24, 2.45) is 14.1 Å². The third-order valence-corrected chi connectivity index (χ3v) is 2.24. The van der Waals surface area contributed by atoms with Gasteiger partial charge in [0.05, 0.1) is 5.69 Å². The summed E-state index contributed by atoms with van der Waals surface area (Å²) in [6.45, 7) is 0. The number of imidazole rings is 1. The molecule has 74 valence electrons. The van der Waals surface area contributed by atoms with Gasteiger partial charge in [-0.15, -0.1) is 0 Å². The van der Waals surface area contributed by atoms with Crippen LogP contribution in [-0.4, -0.2) is 24.4 Å². The normalized spacial score (nSPS) is 13.1. The molecule has 5 heteroatoms. The van der Waals surface area contributed by atoms with E-state index in [0.717, 1.165) is 5.69 Å². The van der Waals surface area contributed by atoms with Gasteiger partial charge < -0.3 is 9.67 Å². The Balaban J connectivity index is 2.38. The Hall–Kier alpha value is -1.62. The first-order chi connectivity index (χ1) is 6.70. The lowest BCUT2D eigenvalue weighted by Crippen LogP contribution is -2.11. The summed E-state index contributed by atoms with van der Waals surface area (Å²) in [5, 5.41) is 14.0. The van der Waals surface area contributed by atoms with Gasteiger partial charge in [0.2, 0.25) is 0 Å². The summed E-state index contributed by atoms with van der Waals surface area (Å²) >= 11 is 0. The first kappa shape index (κ1) is 8.96. The average Bonchev–Trinajstić information content (AvgIpc) is 2.73. The molecule has 1 atom stereocenters. The van der Waals surface area contributed by atoms with E-state index in [0.29, 0.717) is 5.82 Å². The average molecular weight is 192 g/mol. The summed E-state index contributed by atoms with van der Waals surface area (Å²) in [7, 11) is 3.64. The lowest BCUT2D eigenvalue weighted by molar-refractivity contribution is 0.196. The van der Waals surface area contributed by atoms with Crippen LogP contribution in [0.15, 0.2) is 24.7 Å². The molecule has 14 heavy (non-hydrogen) atoms. The smallest absolute Gasteiger partial charge is 0.153 e. The molecule has 0 saturated carbocycles. The van der Waals surface area contributed by atoms with Crippen molar-refractivity contribution in [2.75, 3.05) is 0 Å². The van der Waals surface area contributed by atoms with Crippen molar-refractivity contribution in [3.05, 3.63) is 36.2 Å². The maximum absolute atomic E-state index is 9.99. The number of aryl methyl sites for hydroxylation is 2. The summed E-state index contributed by atoms with van der Waals surface area (Å²) in [5.74, 6) is 0.619. The number of rotatable bonds is 2. The van der Waals surface area contributed by atoms with Crippen LogP contribution in [0.5, 0.6) is 0 Å². The molecule has 0 spiro atoms. The molecule has 2 rings (SSSR count). The molecule has 0 radical (unpaired) electrons. The van der Waals surface area contributed by atoms with E-state index < -0.39 is 6.10 Å². The SMILES string of the molecule is Cn1ccnc1C(O)c1ccnn1C. The molecule has 1 unspecified atom stereocenters. The molecule has 0 saturated heterocycles. The van der Waals surface area contributed by atoms with Crippen molar-refractivity contribution in [3.8, 4) is 0 Å². The quantitative estimate of drug-likeness (QED) is 0.741. The number of aliphatic hydroxyl groups excluding tert-OH is 1. The van der Waals surface area contributed by atoms with E-state index in [9.17, 15) is 5.11 Å². The highest BCUT2D eigenvalue weighted by molar-refractivity contribution is 5.14. The summed E-state index contributed by atoms with van der Waals surface area (Å²) in [5.41, 5.74) is 0.735. The molecule has 2 heterocycles. The zero-order valence-electron chi connectivity index (χ0n) is 8.12. The molecule has 0 aliphatic carbocycles. The molecule has 0 bridgehead atoms. The van der Waals surface area contributed by atoms with E-state index in [1.165, 1.54) is 0 Å². The van der Waals surface area contributed by atoms with Crippen LogP contribution in [0.25, 0.3) is 0 Å². The van der Waals surface area contributed by atoms with Crippen molar-refractivity contribution >= 4 is 0 Å². The minimum absolute atomic E-state index is 0.619. The standard InChI is InChI=1S/C9H12N4O/c1-12-6-5-10-9(12)8(14)7-3-4-11-13(7)2/h3-6,8,14H,1-2H3. The van der Waals surface area contributed by atoms with Crippen LogP contribution in [0, 0.1) is 0 Å². The molecule has 5 nitrogen and oxygen atoms in total. The highest BCUT2D eigenvalue weighted by atomic mass is 16.3. The van der Waals surface area contributed by atoms with Crippen LogP contribution in [0.3, 0.4) is 0 Å². The van der Waals surface area contributed by atoms with Crippen LogP contribution in [0.1, 0.15) is 17.6 Å². The fourth-order valence-electron chi connectivity index (χ4n) is 1.43. The highest BCUT2D eigenvalue weighted by Gasteiger charge is 2.17. The molecule has 0 amide bonds. The monoisotopic (exact) mass is 192 g/mol. The third-order valence-electron chi connectivity index (χ3n) is 2.24. The summed E-state index contributed by atoms with van der Waals surface area (Å²) in [4.78, 5) is 4.08. The topological polar surface area (TPSA) is 55.9 Å². The zero-order chi connectivity index (χ0) is 10.1. The van der Waals surface area contributed by atoms with Crippen molar-refractivity contribution in [2.45, 2.75) is 6.10 Å². The second-order valence-electron chi connectivity index (χ2n) is 3.18. The van der Waals surface area contributed by atoms with Crippen LogP contribution >= 0.6 is 0 Å². The van der Waals surface area contributed by atoms with E-state index in [1.54, 1.807) is 41.0 Å². The molecule has 0 aliphatic heterocycles. The van der Waals surface area contributed by atoms with Gasteiger partial charge in [-0.1, -0.05) is 0 Å². The van der Waals surface area contributed by atoms with Gasteiger partial charge >= 0.3 is 0 Å². The maximum Gasteiger partial charge on any atom is 0.153 e. The number of aromatic nitrogens is 4.